The molecule has 0 radical (unpaired) electrons. The first-order chi connectivity index (χ1) is 32.2. The Morgan fingerprint density at radius 2 is 1.56 bits per heavy atom. The van der Waals surface area contributed by atoms with Crippen molar-refractivity contribution in [2.75, 3.05) is 34.5 Å². The molecule has 0 aromatic heterocycles. The highest BCUT2D eigenvalue weighted by molar-refractivity contribution is 6.39. The predicted molar refractivity (Wildman–Crippen MR) is 258 cm³/mol. The van der Waals surface area contributed by atoms with Crippen LogP contribution in [-0.2, 0) is 47.6 Å². The van der Waals surface area contributed by atoms with Crippen molar-refractivity contribution in [2.45, 2.75) is 187 Å². The molecule has 3 heterocycles. The molecule has 1 amide bonds. The molecule has 4 aliphatic rings. The Kier molecular flexibility index (Phi) is 20.4. The van der Waals surface area contributed by atoms with Crippen LogP contribution >= 0.6 is 11.6 Å². The van der Waals surface area contributed by atoms with Gasteiger partial charge in [-0.2, -0.15) is 0 Å². The number of fused-ring (bicyclic) bond motifs is 3. The van der Waals surface area contributed by atoms with Gasteiger partial charge in [0, 0.05) is 57.1 Å². The van der Waals surface area contributed by atoms with E-state index in [0.29, 0.717) is 62.0 Å². The Labute approximate surface area is 409 Å². The van der Waals surface area contributed by atoms with Crippen LogP contribution in [0.25, 0.3) is 0 Å². The van der Waals surface area contributed by atoms with Crippen LogP contribution in [0.1, 0.15) is 135 Å². The molecule has 3 aliphatic heterocycles. The highest BCUT2D eigenvalue weighted by Gasteiger charge is 2.56. The zero-order chi connectivity index (χ0) is 50.2. The van der Waals surface area contributed by atoms with Crippen molar-refractivity contribution in [2.24, 2.45) is 29.6 Å². The lowest BCUT2D eigenvalue weighted by molar-refractivity contribution is -0.302. The number of aliphatic hydroxyl groups excluding tert-OH is 2. The molecule has 1 aromatic carbocycles. The number of aliphatic hydroxyl groups is 3. The molecule has 15 unspecified atom stereocenters. The summed E-state index contributed by atoms with van der Waals surface area (Å²) in [5.41, 5.74) is 4.12. The molecule has 5 rings (SSSR count). The van der Waals surface area contributed by atoms with Crippen LogP contribution in [0.4, 0.5) is 0 Å². The van der Waals surface area contributed by atoms with Crippen molar-refractivity contribution < 1.29 is 62.9 Å². The van der Waals surface area contributed by atoms with E-state index in [-0.39, 0.29) is 62.2 Å². The lowest BCUT2D eigenvalue weighted by Gasteiger charge is -2.47. The zero-order valence-corrected chi connectivity index (χ0v) is 43.1. The van der Waals surface area contributed by atoms with Crippen LogP contribution in [0.15, 0.2) is 35.4 Å². The Balaban J connectivity index is 1.44. The number of halogens is 1. The van der Waals surface area contributed by atoms with E-state index in [1.165, 1.54) is 19.1 Å². The van der Waals surface area contributed by atoms with Crippen LogP contribution in [0, 0.1) is 43.4 Å². The normalized spacial score (nSPS) is 36.0. The molecule has 15 heteroatoms. The molecular weight excluding hydrogens is 894 g/mol. The highest BCUT2D eigenvalue weighted by Crippen LogP contribution is 2.40. The number of carbonyl (C=O) groups is 4. The van der Waals surface area contributed by atoms with Crippen molar-refractivity contribution in [3.63, 3.8) is 0 Å². The third-order valence-corrected chi connectivity index (χ3v) is 15.8. The molecule has 15 atom stereocenters. The van der Waals surface area contributed by atoms with Crippen LogP contribution in [0.5, 0.6) is 0 Å². The number of hydrogen-bond acceptors (Lipinski definition) is 13. The number of allylic oxidation sites excluding steroid dienone is 3. The minimum absolute atomic E-state index is 0.0192. The SMILES string of the molecule is CCC1C=C(C)CC(C)CC(OC)C2OC(O)(C(=O)C(=O)N3CCCCC3C(=O)OC(C(C)=CC3CCC(OCC(O)c4cc(C)c(Cl)c(C)c4)C(OC)C3)C(C)C(O)CC1=O)C(C)CC2OC. The second-order valence-electron chi connectivity index (χ2n) is 20.4. The number of carbonyl (C=O) groups excluding carboxylic acids is 4. The van der Waals surface area contributed by atoms with Crippen LogP contribution in [0.2, 0.25) is 5.02 Å². The van der Waals surface area contributed by atoms with E-state index < -0.39 is 83.9 Å². The van der Waals surface area contributed by atoms with Gasteiger partial charge in [-0.15, -0.1) is 0 Å². The van der Waals surface area contributed by atoms with Crippen LogP contribution in [0.3, 0.4) is 0 Å². The molecule has 68 heavy (non-hydrogen) atoms. The molecule has 3 N–H and O–H groups in total. The largest absolute Gasteiger partial charge is 0.456 e. The Hall–Kier alpha value is -3.05. The summed E-state index contributed by atoms with van der Waals surface area (Å²) in [6, 6.07) is 2.57. The van der Waals surface area contributed by atoms with Crippen molar-refractivity contribution >= 4 is 35.0 Å². The number of esters is 1. The summed E-state index contributed by atoms with van der Waals surface area (Å²) in [5, 5.41) is 35.7. The monoisotopic (exact) mass is 974 g/mol. The lowest BCUT2D eigenvalue weighted by atomic mass is 9.81. The Bertz CT molecular complexity index is 1950. The first-order valence-corrected chi connectivity index (χ1v) is 25.2. The fourth-order valence-corrected chi connectivity index (χ4v) is 11.2. The first-order valence-electron chi connectivity index (χ1n) is 24.8. The van der Waals surface area contributed by atoms with Gasteiger partial charge in [0.1, 0.15) is 30.1 Å². The number of piperidine rings is 1. The van der Waals surface area contributed by atoms with E-state index in [1.807, 2.05) is 58.9 Å². The van der Waals surface area contributed by atoms with Crippen molar-refractivity contribution in [3.05, 3.63) is 57.1 Å². The minimum Gasteiger partial charge on any atom is -0.456 e. The number of ketones is 2. The number of Topliss-reactive ketones (excluding diaryl/α,β-unsaturated/α-hetero) is 2. The summed E-state index contributed by atoms with van der Waals surface area (Å²) in [7, 11) is 4.69. The van der Waals surface area contributed by atoms with E-state index in [4.69, 9.17) is 40.0 Å². The summed E-state index contributed by atoms with van der Waals surface area (Å²) in [4.78, 5) is 58.5. The van der Waals surface area contributed by atoms with Gasteiger partial charge in [0.15, 0.2) is 0 Å². The summed E-state index contributed by atoms with van der Waals surface area (Å²) >= 11 is 6.37. The molecule has 1 aliphatic carbocycles. The average molecular weight is 975 g/mol. The molecule has 2 saturated heterocycles. The number of amides is 1. The van der Waals surface area contributed by atoms with Gasteiger partial charge < -0.3 is 48.6 Å². The molecular formula is C53H80ClNO13. The van der Waals surface area contributed by atoms with Gasteiger partial charge in [-0.25, -0.2) is 4.79 Å². The maximum atomic E-state index is 14.6. The third-order valence-electron chi connectivity index (χ3n) is 15.2. The Morgan fingerprint density at radius 3 is 2.19 bits per heavy atom. The number of cyclic esters (lactones) is 1. The number of rotatable bonds is 10. The molecule has 14 nitrogen and oxygen atoms in total. The van der Waals surface area contributed by atoms with Gasteiger partial charge in [0.05, 0.1) is 37.1 Å². The molecule has 382 valence electrons. The second kappa shape index (κ2) is 24.9. The number of aryl methyl sites for hydroxylation is 2. The third kappa shape index (κ3) is 13.3. The minimum atomic E-state index is -2.52. The second-order valence-corrected chi connectivity index (χ2v) is 20.8. The van der Waals surface area contributed by atoms with Gasteiger partial charge in [0.25, 0.3) is 11.7 Å². The number of nitrogens with zero attached hydrogens (tertiary/aromatic N) is 1. The fourth-order valence-electron chi connectivity index (χ4n) is 11.0. The van der Waals surface area contributed by atoms with Crippen LogP contribution in [-0.4, -0.2) is 133 Å². The van der Waals surface area contributed by atoms with Gasteiger partial charge >= 0.3 is 5.97 Å². The molecule has 3 fully saturated rings. The van der Waals surface area contributed by atoms with E-state index in [9.17, 15) is 34.5 Å². The van der Waals surface area contributed by atoms with Crippen molar-refractivity contribution in [3.8, 4) is 0 Å². The van der Waals surface area contributed by atoms with Crippen molar-refractivity contribution in [1.82, 2.24) is 4.90 Å². The van der Waals surface area contributed by atoms with Gasteiger partial charge in [0.2, 0.25) is 5.79 Å². The number of methoxy groups -OCH3 is 3. The lowest BCUT2D eigenvalue weighted by Crippen LogP contribution is -2.64. The van der Waals surface area contributed by atoms with Gasteiger partial charge in [-0.1, -0.05) is 69.2 Å². The maximum Gasteiger partial charge on any atom is 0.329 e. The number of hydrogen-bond donors (Lipinski definition) is 3. The van der Waals surface area contributed by atoms with Gasteiger partial charge in [-0.05, 0) is 126 Å². The Morgan fingerprint density at radius 1 is 0.912 bits per heavy atom. The predicted octanol–water partition coefficient (Wildman–Crippen LogP) is 7.50. The van der Waals surface area contributed by atoms with E-state index in [0.717, 1.165) is 22.3 Å². The van der Waals surface area contributed by atoms with Gasteiger partial charge in [-0.3, -0.25) is 14.4 Å². The summed E-state index contributed by atoms with van der Waals surface area (Å²) in [5.74, 6) is -7.69. The molecule has 0 spiro atoms. The zero-order valence-electron chi connectivity index (χ0n) is 42.3. The standard InChI is InChI=1S/C53H80ClNO13/c1-12-37-20-29(2)19-30(3)21-45(64-10)49-46(65-11)25-34(7)53(62,68-49)50(59)51(60)55-18-14-13-15-39(55)52(61)67-48(35(8)40(56)27-41(37)57)33(6)22-36-16-17-43(44(26-36)63-9)66-28-42(58)38-23-31(4)47(54)32(5)24-38/h20,22-24,30,34-37,39-40,42-46,48-49,56,58,62H,12-19,21,25-28H2,1-11H3. The molecule has 1 aromatic rings. The van der Waals surface area contributed by atoms with E-state index in [2.05, 4.69) is 6.92 Å². The average Bonchev–Trinajstić information content (AvgIpc) is 3.31. The van der Waals surface area contributed by atoms with Crippen molar-refractivity contribution in [1.29, 1.82) is 0 Å². The summed E-state index contributed by atoms with van der Waals surface area (Å²) in [6.45, 7) is 15.1. The quantitative estimate of drug-likeness (QED) is 0.119. The highest BCUT2D eigenvalue weighted by atomic mass is 35.5. The fraction of sp³-hybridized carbons (Fsp3) is 0.736. The van der Waals surface area contributed by atoms with E-state index >= 15 is 0 Å². The topological polar surface area (TPSA) is 188 Å². The number of ether oxygens (including phenoxy) is 6. The van der Waals surface area contributed by atoms with Crippen LogP contribution < -0.4 is 0 Å². The maximum absolute atomic E-state index is 14.6. The number of benzene rings is 1. The smallest absolute Gasteiger partial charge is 0.329 e. The summed E-state index contributed by atoms with van der Waals surface area (Å²) in [6.07, 6.45) is 3.12. The first kappa shape index (κ1) is 55.9. The summed E-state index contributed by atoms with van der Waals surface area (Å²) < 4.78 is 36.7. The molecule has 1 saturated carbocycles. The van der Waals surface area contributed by atoms with E-state index in [1.54, 1.807) is 21.0 Å². The molecule has 2 bridgehead atoms.